The van der Waals surface area contributed by atoms with Crippen molar-refractivity contribution in [3.05, 3.63) is 78.4 Å². The van der Waals surface area contributed by atoms with Crippen molar-refractivity contribution in [2.45, 2.75) is 6.92 Å². The fourth-order valence-corrected chi connectivity index (χ4v) is 3.80. The highest BCUT2D eigenvalue weighted by Gasteiger charge is 2.22. The normalized spacial score (nSPS) is 10.7. The number of nitrogens with zero attached hydrogens (tertiary/aromatic N) is 4. The second-order valence-corrected chi connectivity index (χ2v) is 8.16. The molecular weight excluding hydrogens is 463 g/mol. The van der Waals surface area contributed by atoms with E-state index in [1.807, 2.05) is 54.2 Å². The molecule has 0 aliphatic heterocycles. The molecule has 0 atom stereocenters. The molecule has 1 amide bonds. The number of carbonyl (C=O) groups excluding carboxylic acids is 2. The summed E-state index contributed by atoms with van der Waals surface area (Å²) in [5, 5.41) is 8.29. The summed E-state index contributed by atoms with van der Waals surface area (Å²) < 4.78 is 21.3. The van der Waals surface area contributed by atoms with Gasteiger partial charge in [-0.25, -0.2) is 19.2 Å². The second kappa shape index (κ2) is 9.87. The van der Waals surface area contributed by atoms with Crippen LogP contribution in [0.1, 0.15) is 15.9 Å². The van der Waals surface area contributed by atoms with Crippen molar-refractivity contribution in [1.29, 1.82) is 0 Å². The molecule has 0 spiro atoms. The summed E-state index contributed by atoms with van der Waals surface area (Å²) in [5.41, 5.74) is 3.22. The average molecular weight is 489 g/mol. The molecule has 4 rings (SSSR count). The van der Waals surface area contributed by atoms with E-state index in [0.29, 0.717) is 22.5 Å². The summed E-state index contributed by atoms with van der Waals surface area (Å²) >= 11 is 0. The van der Waals surface area contributed by atoms with Crippen molar-refractivity contribution < 1.29 is 18.7 Å². The number of para-hydroxylation sites is 1. The second-order valence-electron chi connectivity index (χ2n) is 8.16. The third kappa shape index (κ3) is 4.61. The first-order valence-corrected chi connectivity index (χ1v) is 11.0. The zero-order chi connectivity index (χ0) is 26.0. The van der Waals surface area contributed by atoms with Crippen LogP contribution in [0.25, 0.3) is 22.2 Å². The molecule has 0 aliphatic carbocycles. The van der Waals surface area contributed by atoms with Gasteiger partial charge < -0.3 is 20.4 Å². The number of methoxy groups -OCH3 is 1. The topological polar surface area (TPSA) is 101 Å². The maximum Gasteiger partial charge on any atom is 0.341 e. The fraction of sp³-hybridized carbons (Fsp3) is 0.154. The Labute approximate surface area is 207 Å². The minimum atomic E-state index is -0.590. The molecule has 0 unspecified atom stereocenters. The van der Waals surface area contributed by atoms with Gasteiger partial charge in [0.2, 0.25) is 11.9 Å². The molecule has 0 saturated carbocycles. The number of esters is 1. The lowest BCUT2D eigenvalue weighted by atomic mass is 10.1. The quantitative estimate of drug-likeness (QED) is 0.294. The maximum atomic E-state index is 14.4. The van der Waals surface area contributed by atoms with E-state index in [0.717, 1.165) is 17.0 Å². The number of halogens is 1. The Morgan fingerprint density at radius 3 is 2.64 bits per heavy atom. The Balaban J connectivity index is 1.84. The van der Waals surface area contributed by atoms with Gasteiger partial charge in [0.05, 0.1) is 24.0 Å². The largest absolute Gasteiger partial charge is 0.465 e. The highest BCUT2D eigenvalue weighted by atomic mass is 19.1. The van der Waals surface area contributed by atoms with E-state index in [1.165, 1.54) is 25.4 Å². The predicted molar refractivity (Wildman–Crippen MR) is 138 cm³/mol. The number of benzene rings is 2. The van der Waals surface area contributed by atoms with Gasteiger partial charge in [-0.1, -0.05) is 24.8 Å². The number of rotatable bonds is 7. The molecule has 0 saturated heterocycles. The van der Waals surface area contributed by atoms with Crippen molar-refractivity contribution in [1.82, 2.24) is 14.6 Å². The van der Waals surface area contributed by atoms with E-state index in [9.17, 15) is 14.0 Å². The molecule has 0 fully saturated rings. The van der Waals surface area contributed by atoms with Gasteiger partial charge in [0, 0.05) is 43.1 Å². The summed E-state index contributed by atoms with van der Waals surface area (Å²) in [6, 6.07) is 10.5. The van der Waals surface area contributed by atoms with E-state index in [1.54, 1.807) is 6.92 Å². The molecule has 10 heteroatoms. The van der Waals surface area contributed by atoms with Gasteiger partial charge in [0.1, 0.15) is 11.4 Å². The number of ether oxygens (including phenoxy) is 1. The van der Waals surface area contributed by atoms with E-state index in [2.05, 4.69) is 27.2 Å². The Kier molecular flexibility index (Phi) is 6.69. The lowest BCUT2D eigenvalue weighted by molar-refractivity contribution is -0.111. The first-order valence-electron chi connectivity index (χ1n) is 11.0. The third-order valence-corrected chi connectivity index (χ3v) is 5.58. The number of carbonyl (C=O) groups is 2. The maximum absolute atomic E-state index is 14.4. The first-order chi connectivity index (χ1) is 17.2. The van der Waals surface area contributed by atoms with E-state index >= 15 is 0 Å². The molecule has 9 nitrogen and oxygen atoms in total. The molecule has 36 heavy (non-hydrogen) atoms. The summed E-state index contributed by atoms with van der Waals surface area (Å²) in [5.74, 6) is -1.53. The lowest BCUT2D eigenvalue weighted by Gasteiger charge is -2.15. The van der Waals surface area contributed by atoms with Crippen LogP contribution in [0.2, 0.25) is 0 Å². The van der Waals surface area contributed by atoms with Crippen molar-refractivity contribution in [3.63, 3.8) is 0 Å². The molecule has 184 valence electrons. The summed E-state index contributed by atoms with van der Waals surface area (Å²) in [4.78, 5) is 33.2. The van der Waals surface area contributed by atoms with Crippen LogP contribution in [-0.4, -0.2) is 47.7 Å². The molecule has 2 aromatic carbocycles. The summed E-state index contributed by atoms with van der Waals surface area (Å²) in [6.07, 6.45) is 4.32. The number of nitrogens with one attached hydrogen (secondary N) is 2. The van der Waals surface area contributed by atoms with Crippen molar-refractivity contribution in [2.24, 2.45) is 0 Å². The van der Waals surface area contributed by atoms with Crippen LogP contribution in [0, 0.1) is 12.7 Å². The van der Waals surface area contributed by atoms with Crippen LogP contribution in [0.3, 0.4) is 0 Å². The van der Waals surface area contributed by atoms with E-state index < -0.39 is 17.7 Å². The summed E-state index contributed by atoms with van der Waals surface area (Å²) in [7, 11) is 5.11. The monoisotopic (exact) mass is 488 g/mol. The number of anilines is 3. The van der Waals surface area contributed by atoms with Gasteiger partial charge in [-0.15, -0.1) is 0 Å². The highest BCUT2D eigenvalue weighted by Crippen LogP contribution is 2.33. The minimum absolute atomic E-state index is 0.0199. The number of aryl methyl sites for hydroxylation is 1. The first kappa shape index (κ1) is 24.4. The van der Waals surface area contributed by atoms with E-state index in [-0.39, 0.29) is 17.2 Å². The van der Waals surface area contributed by atoms with Crippen LogP contribution >= 0.6 is 0 Å². The van der Waals surface area contributed by atoms with Crippen LogP contribution in [0.4, 0.5) is 21.7 Å². The fourth-order valence-electron chi connectivity index (χ4n) is 3.80. The third-order valence-electron chi connectivity index (χ3n) is 5.58. The molecule has 2 N–H and O–H groups in total. The SMILES string of the molecule is C=CC(=O)Nc1cc(Nc2ncc(C(=O)OC)c(-c3cn(N(C)C)c4ccccc34)n2)c(C)cc1F. The zero-order valence-electron chi connectivity index (χ0n) is 20.3. The molecule has 0 radical (unpaired) electrons. The van der Waals surface area contributed by atoms with Crippen molar-refractivity contribution in [2.75, 3.05) is 36.8 Å². The van der Waals surface area contributed by atoms with Crippen molar-refractivity contribution in [3.8, 4) is 11.3 Å². The molecule has 0 bridgehead atoms. The highest BCUT2D eigenvalue weighted by molar-refractivity contribution is 6.03. The molecule has 0 aliphatic rings. The number of hydrogen-bond donors (Lipinski definition) is 2. The van der Waals surface area contributed by atoms with E-state index in [4.69, 9.17) is 4.74 Å². The zero-order valence-corrected chi connectivity index (χ0v) is 20.3. The van der Waals surface area contributed by atoms with Gasteiger partial charge in [0.25, 0.3) is 0 Å². The van der Waals surface area contributed by atoms with Crippen LogP contribution < -0.4 is 15.6 Å². The molecule has 2 aromatic heterocycles. The predicted octanol–water partition coefficient (Wildman–Crippen LogP) is 4.40. The minimum Gasteiger partial charge on any atom is -0.465 e. The summed E-state index contributed by atoms with van der Waals surface area (Å²) in [6.45, 7) is 5.09. The number of aromatic nitrogens is 3. The van der Waals surface area contributed by atoms with Crippen LogP contribution in [0.15, 0.2) is 61.4 Å². The van der Waals surface area contributed by atoms with Gasteiger partial charge in [-0.05, 0) is 36.8 Å². The lowest BCUT2D eigenvalue weighted by Crippen LogP contribution is -2.23. The van der Waals surface area contributed by atoms with Gasteiger partial charge in [-0.3, -0.25) is 9.47 Å². The number of hydrogen-bond acceptors (Lipinski definition) is 7. The standard InChI is InChI=1S/C26H25FN6O3/c1-6-23(34)29-21-12-20(15(2)11-19(21)27)30-26-28-13-17(25(35)36-5)24(31-26)18-14-33(32(3)4)22-10-8-7-9-16(18)22/h6-14H,1H2,2-5H3,(H,29,34)(H,28,30,31). The molecule has 4 aromatic rings. The smallest absolute Gasteiger partial charge is 0.341 e. The Morgan fingerprint density at radius 2 is 1.94 bits per heavy atom. The Morgan fingerprint density at radius 1 is 1.19 bits per heavy atom. The molecule has 2 heterocycles. The van der Waals surface area contributed by atoms with Crippen LogP contribution in [0.5, 0.6) is 0 Å². The van der Waals surface area contributed by atoms with Gasteiger partial charge in [-0.2, -0.15) is 0 Å². The molecular formula is C26H25FN6O3. The Bertz CT molecular complexity index is 1490. The van der Waals surface area contributed by atoms with Crippen LogP contribution in [-0.2, 0) is 9.53 Å². The van der Waals surface area contributed by atoms with Crippen molar-refractivity contribution >= 4 is 40.1 Å². The average Bonchev–Trinajstić information content (AvgIpc) is 3.26. The Hall–Kier alpha value is -4.73. The number of fused-ring (bicyclic) bond motifs is 1. The van der Waals surface area contributed by atoms with Gasteiger partial charge in [0.15, 0.2) is 0 Å². The van der Waals surface area contributed by atoms with Gasteiger partial charge >= 0.3 is 5.97 Å². The number of amides is 1.